The molecule has 0 radical (unpaired) electrons. The van der Waals surface area contributed by atoms with Gasteiger partial charge in [-0.3, -0.25) is 14.6 Å². The number of amides is 2. The predicted octanol–water partition coefficient (Wildman–Crippen LogP) is 4.63. The number of thiophene rings is 1. The molecule has 35 heavy (non-hydrogen) atoms. The first kappa shape index (κ1) is 25.2. The van der Waals surface area contributed by atoms with Gasteiger partial charge in [0.1, 0.15) is 10.6 Å². The van der Waals surface area contributed by atoms with Crippen molar-refractivity contribution in [2.24, 2.45) is 16.8 Å². The van der Waals surface area contributed by atoms with Crippen molar-refractivity contribution >= 4 is 51.9 Å². The van der Waals surface area contributed by atoms with Crippen LogP contribution in [0.1, 0.15) is 71.5 Å². The van der Waals surface area contributed by atoms with E-state index in [1.54, 1.807) is 27.9 Å². The Morgan fingerprint density at radius 3 is 2.51 bits per heavy atom. The van der Waals surface area contributed by atoms with E-state index in [1.807, 2.05) is 19.9 Å². The Morgan fingerprint density at radius 1 is 1.20 bits per heavy atom. The highest BCUT2D eigenvalue weighted by Gasteiger charge is 2.33. The number of rotatable bonds is 7. The zero-order valence-corrected chi connectivity index (χ0v) is 21.7. The second kappa shape index (κ2) is 10.8. The monoisotopic (exact) mass is 514 g/mol. The Labute approximate surface area is 212 Å². The third-order valence-corrected chi connectivity index (χ3v) is 8.19. The van der Waals surface area contributed by atoms with Crippen molar-refractivity contribution in [3.8, 4) is 0 Å². The van der Waals surface area contributed by atoms with Crippen LogP contribution in [0.3, 0.4) is 0 Å². The van der Waals surface area contributed by atoms with Crippen LogP contribution in [-0.2, 0) is 4.79 Å². The first-order valence-electron chi connectivity index (χ1n) is 11.9. The maximum Gasteiger partial charge on any atom is 0.348 e. The summed E-state index contributed by atoms with van der Waals surface area (Å²) in [5.74, 6) is -0.757. The Bertz CT molecular complexity index is 1140. The lowest BCUT2D eigenvalue weighted by molar-refractivity contribution is -0.123. The third-order valence-electron chi connectivity index (χ3n) is 6.46. The Hall–Kier alpha value is -2.85. The molecule has 0 aromatic carbocycles. The fourth-order valence-electron chi connectivity index (χ4n) is 4.53. The van der Waals surface area contributed by atoms with Crippen molar-refractivity contribution in [3.63, 3.8) is 0 Å². The number of carbonyl (C=O) groups excluding carboxylic acids is 2. The van der Waals surface area contributed by atoms with Gasteiger partial charge in [-0.25, -0.2) is 9.78 Å². The number of nitrogens with zero attached hydrogens (tertiary/aromatic N) is 3. The number of carboxylic acid groups (broad SMARTS) is 1. The molecular formula is C25H30N4O4S2. The van der Waals surface area contributed by atoms with Crippen LogP contribution in [0.15, 0.2) is 34.1 Å². The smallest absolute Gasteiger partial charge is 0.348 e. The van der Waals surface area contributed by atoms with Crippen LogP contribution in [0.25, 0.3) is 0 Å². The van der Waals surface area contributed by atoms with Crippen LogP contribution in [0.2, 0.25) is 0 Å². The van der Waals surface area contributed by atoms with Gasteiger partial charge in [0.2, 0.25) is 5.91 Å². The topological polar surface area (TPSA) is 112 Å². The molecule has 2 amide bonds. The number of carbonyl (C=O) groups is 3. The van der Waals surface area contributed by atoms with Gasteiger partial charge in [-0.15, -0.1) is 22.7 Å². The normalized spacial score (nSPS) is 22.1. The van der Waals surface area contributed by atoms with E-state index in [0.29, 0.717) is 34.4 Å². The van der Waals surface area contributed by atoms with Crippen LogP contribution in [0, 0.1) is 11.8 Å². The Kier molecular flexibility index (Phi) is 7.81. The lowest BCUT2D eigenvalue weighted by Crippen LogP contribution is -2.42. The van der Waals surface area contributed by atoms with Crippen molar-refractivity contribution in [3.05, 3.63) is 44.6 Å². The number of anilines is 1. The number of aromatic nitrogens is 1. The van der Waals surface area contributed by atoms with E-state index < -0.39 is 5.97 Å². The van der Waals surface area contributed by atoms with Gasteiger partial charge in [-0.1, -0.05) is 13.0 Å². The summed E-state index contributed by atoms with van der Waals surface area (Å²) in [4.78, 5) is 49.0. The summed E-state index contributed by atoms with van der Waals surface area (Å²) >= 11 is 2.48. The van der Waals surface area contributed by atoms with Gasteiger partial charge in [0.25, 0.3) is 5.91 Å². The lowest BCUT2D eigenvalue weighted by Gasteiger charge is -2.33. The average molecular weight is 515 g/mol. The second-order valence-corrected chi connectivity index (χ2v) is 11.2. The number of dihydropyridines is 1. The molecule has 2 N–H and O–H groups in total. The van der Waals surface area contributed by atoms with Gasteiger partial charge < -0.3 is 15.3 Å². The van der Waals surface area contributed by atoms with E-state index in [-0.39, 0.29) is 34.7 Å². The summed E-state index contributed by atoms with van der Waals surface area (Å²) in [5, 5.41) is 14.5. The van der Waals surface area contributed by atoms with Crippen molar-refractivity contribution in [2.75, 3.05) is 11.4 Å². The van der Waals surface area contributed by atoms with Crippen LogP contribution in [-0.4, -0.2) is 52.2 Å². The highest BCUT2D eigenvalue weighted by molar-refractivity contribution is 7.16. The molecule has 2 aromatic heterocycles. The molecule has 1 unspecified atom stereocenters. The number of carboxylic acids is 1. The summed E-state index contributed by atoms with van der Waals surface area (Å²) < 4.78 is 0. The molecule has 1 aliphatic carbocycles. The minimum atomic E-state index is -1.05. The van der Waals surface area contributed by atoms with Crippen LogP contribution in [0.4, 0.5) is 5.69 Å². The van der Waals surface area contributed by atoms with E-state index in [9.17, 15) is 19.5 Å². The summed E-state index contributed by atoms with van der Waals surface area (Å²) in [6, 6.07) is 1.33. The zero-order chi connectivity index (χ0) is 25.1. The van der Waals surface area contributed by atoms with Gasteiger partial charge in [0.15, 0.2) is 0 Å². The molecule has 1 aliphatic heterocycles. The molecule has 0 spiro atoms. The molecule has 1 saturated carbocycles. The molecule has 186 valence electrons. The van der Waals surface area contributed by atoms with E-state index >= 15 is 0 Å². The third kappa shape index (κ3) is 5.70. The number of aliphatic imine (C=N–C) groups is 1. The summed E-state index contributed by atoms with van der Waals surface area (Å²) in [5.41, 5.74) is 3.06. The van der Waals surface area contributed by atoms with Gasteiger partial charge in [-0.2, -0.15) is 0 Å². The molecule has 2 aliphatic rings. The fourth-order valence-corrected chi connectivity index (χ4v) is 6.04. The fraction of sp³-hybridized carbons (Fsp3) is 0.480. The first-order chi connectivity index (χ1) is 16.7. The average Bonchev–Trinajstić information content (AvgIpc) is 3.51. The van der Waals surface area contributed by atoms with Gasteiger partial charge in [-0.05, 0) is 57.6 Å². The predicted molar refractivity (Wildman–Crippen MR) is 139 cm³/mol. The standard InChI is InChI=1S/C25H30N4O4S2/c1-14(2)29(24(31)16-6-4-15(3)5-7-16)20-10-21(35-22(20)25(32)33)18-9-8-17(11-26-18)28-23(30)19-12-34-13-27-19/h8-10,12-17H,4-7,11H2,1-3H3,(H,28,30)(H,32,33). The van der Waals surface area contributed by atoms with E-state index in [1.165, 1.54) is 11.3 Å². The zero-order valence-electron chi connectivity index (χ0n) is 20.1. The molecule has 0 bridgehead atoms. The summed E-state index contributed by atoms with van der Waals surface area (Å²) in [7, 11) is 0. The molecule has 10 heteroatoms. The van der Waals surface area contributed by atoms with Crippen molar-refractivity contribution in [1.29, 1.82) is 0 Å². The number of hydrogen-bond acceptors (Lipinski definition) is 7. The first-order valence-corrected chi connectivity index (χ1v) is 13.6. The van der Waals surface area contributed by atoms with E-state index in [2.05, 4.69) is 22.2 Å². The molecule has 4 rings (SSSR count). The highest BCUT2D eigenvalue weighted by Crippen LogP contribution is 2.36. The van der Waals surface area contributed by atoms with Crippen LogP contribution >= 0.6 is 22.7 Å². The molecule has 3 heterocycles. The number of thiazole rings is 1. The van der Waals surface area contributed by atoms with Gasteiger partial charge in [0, 0.05) is 17.3 Å². The number of aromatic carboxylic acids is 1. The second-order valence-electron chi connectivity index (χ2n) is 9.43. The van der Waals surface area contributed by atoms with Crippen LogP contribution < -0.4 is 10.2 Å². The Morgan fingerprint density at radius 2 is 1.94 bits per heavy atom. The van der Waals surface area contributed by atoms with Crippen molar-refractivity contribution < 1.29 is 19.5 Å². The quantitative estimate of drug-likeness (QED) is 0.560. The van der Waals surface area contributed by atoms with E-state index in [0.717, 1.165) is 37.0 Å². The van der Waals surface area contributed by atoms with Gasteiger partial charge in [0.05, 0.1) is 34.4 Å². The lowest BCUT2D eigenvalue weighted by atomic mass is 9.82. The van der Waals surface area contributed by atoms with Crippen molar-refractivity contribution in [2.45, 2.75) is 58.5 Å². The minimum Gasteiger partial charge on any atom is -0.477 e. The highest BCUT2D eigenvalue weighted by atomic mass is 32.1. The SMILES string of the molecule is CC1CCC(C(=O)N(c2cc(C3=NCC(NC(=O)c4cscn4)C=C3)sc2C(=O)O)C(C)C)CC1. The molecule has 1 fully saturated rings. The number of nitrogens with one attached hydrogen (secondary N) is 1. The largest absolute Gasteiger partial charge is 0.477 e. The van der Waals surface area contributed by atoms with Gasteiger partial charge >= 0.3 is 5.97 Å². The molecule has 8 nitrogen and oxygen atoms in total. The Balaban J connectivity index is 1.53. The maximum absolute atomic E-state index is 13.5. The molecule has 0 saturated heterocycles. The number of allylic oxidation sites excluding steroid dienone is 1. The maximum atomic E-state index is 13.5. The molecular weight excluding hydrogens is 484 g/mol. The molecule has 1 atom stereocenters. The number of hydrogen-bond donors (Lipinski definition) is 2. The molecule has 2 aromatic rings. The van der Waals surface area contributed by atoms with Crippen molar-refractivity contribution in [1.82, 2.24) is 10.3 Å². The summed E-state index contributed by atoms with van der Waals surface area (Å²) in [6.45, 7) is 6.38. The minimum absolute atomic E-state index is 0.00434. The van der Waals surface area contributed by atoms with E-state index in [4.69, 9.17) is 0 Å². The summed E-state index contributed by atoms with van der Waals surface area (Å²) in [6.07, 6.45) is 7.36. The van der Waals surface area contributed by atoms with Crippen LogP contribution in [0.5, 0.6) is 0 Å².